The van der Waals surface area contributed by atoms with E-state index in [4.69, 9.17) is 5.73 Å². The van der Waals surface area contributed by atoms with Gasteiger partial charge in [-0.15, -0.1) is 0 Å². The number of anilines is 1. The van der Waals surface area contributed by atoms with E-state index in [0.29, 0.717) is 16.9 Å². The molecule has 0 saturated carbocycles. The van der Waals surface area contributed by atoms with Crippen molar-refractivity contribution in [1.82, 2.24) is 15.5 Å². The number of phenols is 1. The highest BCUT2D eigenvalue weighted by molar-refractivity contribution is 5.92. The smallest absolute Gasteiger partial charge is 0.269 e. The summed E-state index contributed by atoms with van der Waals surface area (Å²) >= 11 is 0. The second-order valence-electron chi connectivity index (χ2n) is 3.54. The van der Waals surface area contributed by atoms with Crippen LogP contribution in [0, 0.1) is 0 Å². The number of nitrogens with zero attached hydrogens (tertiary/aromatic N) is 1. The summed E-state index contributed by atoms with van der Waals surface area (Å²) in [4.78, 5) is 11.6. The molecule has 0 bridgehead atoms. The number of carbonyl (C=O) groups excluding carboxylic acids is 1. The minimum atomic E-state index is -0.288. The average molecular weight is 232 g/mol. The Morgan fingerprint density at radius 3 is 3.00 bits per heavy atom. The van der Waals surface area contributed by atoms with Gasteiger partial charge in [0.1, 0.15) is 11.4 Å². The van der Waals surface area contributed by atoms with E-state index in [1.807, 2.05) is 0 Å². The number of hydrogen-bond acceptors (Lipinski definition) is 4. The summed E-state index contributed by atoms with van der Waals surface area (Å²) in [5.41, 5.74) is 7.06. The van der Waals surface area contributed by atoms with Crippen molar-refractivity contribution in [2.75, 3.05) is 5.73 Å². The molecule has 1 aromatic heterocycles. The highest BCUT2D eigenvalue weighted by atomic mass is 16.3. The van der Waals surface area contributed by atoms with Gasteiger partial charge in [0.15, 0.2) is 0 Å². The van der Waals surface area contributed by atoms with Gasteiger partial charge in [0, 0.05) is 24.0 Å². The molecule has 6 heteroatoms. The lowest BCUT2D eigenvalue weighted by molar-refractivity contribution is 0.0945. The maximum absolute atomic E-state index is 11.6. The number of phenolic OH excluding ortho intramolecular Hbond substituents is 1. The first-order valence-corrected chi connectivity index (χ1v) is 5.02. The van der Waals surface area contributed by atoms with Crippen LogP contribution in [0.25, 0.3) is 0 Å². The van der Waals surface area contributed by atoms with Crippen LogP contribution in [0.2, 0.25) is 0 Å². The Kier molecular flexibility index (Phi) is 2.95. The van der Waals surface area contributed by atoms with Gasteiger partial charge in [0.25, 0.3) is 5.91 Å². The highest BCUT2D eigenvalue weighted by Crippen LogP contribution is 2.19. The lowest BCUT2D eigenvalue weighted by atomic mass is 10.2. The number of aromatic amines is 1. The van der Waals surface area contributed by atoms with Crippen LogP contribution in [-0.2, 0) is 6.54 Å². The third-order valence-electron chi connectivity index (χ3n) is 2.29. The fourth-order valence-corrected chi connectivity index (χ4v) is 1.40. The van der Waals surface area contributed by atoms with Gasteiger partial charge in [-0.05, 0) is 24.3 Å². The molecule has 0 spiro atoms. The molecule has 1 heterocycles. The highest BCUT2D eigenvalue weighted by Gasteiger charge is 2.08. The minimum absolute atomic E-state index is 0.101. The van der Waals surface area contributed by atoms with Crippen molar-refractivity contribution >= 4 is 11.6 Å². The quantitative estimate of drug-likeness (QED) is 0.460. The third-order valence-corrected chi connectivity index (χ3v) is 2.29. The SMILES string of the molecule is Nc1ccc(O)c(CNC(=O)c2ccn[nH]2)c1. The molecule has 6 nitrogen and oxygen atoms in total. The Bertz CT molecular complexity index is 522. The van der Waals surface area contributed by atoms with Crippen LogP contribution in [0.15, 0.2) is 30.5 Å². The number of carbonyl (C=O) groups is 1. The second-order valence-corrected chi connectivity index (χ2v) is 3.54. The van der Waals surface area contributed by atoms with E-state index in [9.17, 15) is 9.90 Å². The molecule has 2 aromatic rings. The van der Waals surface area contributed by atoms with E-state index >= 15 is 0 Å². The monoisotopic (exact) mass is 232 g/mol. The molecule has 0 radical (unpaired) electrons. The molecular formula is C11H12N4O2. The Hall–Kier alpha value is -2.50. The van der Waals surface area contributed by atoms with Gasteiger partial charge in [-0.1, -0.05) is 0 Å². The van der Waals surface area contributed by atoms with Crippen LogP contribution < -0.4 is 11.1 Å². The van der Waals surface area contributed by atoms with Crippen molar-refractivity contribution in [3.05, 3.63) is 41.7 Å². The second kappa shape index (κ2) is 4.56. The van der Waals surface area contributed by atoms with E-state index in [2.05, 4.69) is 15.5 Å². The molecule has 0 saturated heterocycles. The summed E-state index contributed by atoms with van der Waals surface area (Å²) in [6.07, 6.45) is 1.49. The van der Waals surface area contributed by atoms with Crippen LogP contribution in [0.4, 0.5) is 5.69 Å². The summed E-state index contributed by atoms with van der Waals surface area (Å²) in [5, 5.41) is 18.4. The van der Waals surface area contributed by atoms with Gasteiger partial charge in [-0.2, -0.15) is 5.10 Å². The summed E-state index contributed by atoms with van der Waals surface area (Å²) in [6, 6.07) is 6.26. The van der Waals surface area contributed by atoms with Gasteiger partial charge in [0.2, 0.25) is 0 Å². The van der Waals surface area contributed by atoms with Gasteiger partial charge >= 0.3 is 0 Å². The minimum Gasteiger partial charge on any atom is -0.508 e. The van der Waals surface area contributed by atoms with E-state index in [1.165, 1.54) is 12.3 Å². The molecule has 0 unspecified atom stereocenters. The van der Waals surface area contributed by atoms with Crippen molar-refractivity contribution < 1.29 is 9.90 Å². The number of nitrogen functional groups attached to an aromatic ring is 1. The fourth-order valence-electron chi connectivity index (χ4n) is 1.40. The third kappa shape index (κ3) is 2.54. The molecule has 1 aromatic carbocycles. The van der Waals surface area contributed by atoms with E-state index in [0.717, 1.165) is 0 Å². The lowest BCUT2D eigenvalue weighted by Crippen LogP contribution is -2.23. The van der Waals surface area contributed by atoms with Crippen molar-refractivity contribution in [3.8, 4) is 5.75 Å². The predicted octanol–water partition coefficient (Wildman–Crippen LogP) is 0.628. The summed E-state index contributed by atoms with van der Waals surface area (Å²) in [6.45, 7) is 0.203. The molecule has 1 amide bonds. The number of aromatic hydroxyl groups is 1. The number of aromatic nitrogens is 2. The van der Waals surface area contributed by atoms with Crippen molar-refractivity contribution in [2.45, 2.75) is 6.54 Å². The molecule has 0 aliphatic carbocycles. The van der Waals surface area contributed by atoms with Gasteiger partial charge < -0.3 is 16.2 Å². The number of nitrogens with one attached hydrogen (secondary N) is 2. The molecule has 0 atom stereocenters. The number of benzene rings is 1. The first kappa shape index (κ1) is 11.0. The Balaban J connectivity index is 2.03. The summed E-state index contributed by atoms with van der Waals surface area (Å²) < 4.78 is 0. The zero-order valence-corrected chi connectivity index (χ0v) is 8.97. The van der Waals surface area contributed by atoms with Gasteiger partial charge in [-0.3, -0.25) is 9.89 Å². The average Bonchev–Trinajstić information content (AvgIpc) is 2.83. The maximum atomic E-state index is 11.6. The van der Waals surface area contributed by atoms with Crippen molar-refractivity contribution in [3.63, 3.8) is 0 Å². The lowest BCUT2D eigenvalue weighted by Gasteiger charge is -2.06. The maximum Gasteiger partial charge on any atom is 0.269 e. The zero-order chi connectivity index (χ0) is 12.3. The molecular weight excluding hydrogens is 220 g/mol. The van der Waals surface area contributed by atoms with Crippen molar-refractivity contribution in [2.24, 2.45) is 0 Å². The Labute approximate surface area is 97.5 Å². The van der Waals surface area contributed by atoms with E-state index in [-0.39, 0.29) is 18.2 Å². The largest absolute Gasteiger partial charge is 0.508 e. The number of hydrogen-bond donors (Lipinski definition) is 4. The first-order valence-electron chi connectivity index (χ1n) is 5.02. The molecule has 17 heavy (non-hydrogen) atoms. The van der Waals surface area contributed by atoms with Crippen LogP contribution in [-0.4, -0.2) is 21.2 Å². The van der Waals surface area contributed by atoms with Crippen molar-refractivity contribution in [1.29, 1.82) is 0 Å². The van der Waals surface area contributed by atoms with Crippen LogP contribution in [0.5, 0.6) is 5.75 Å². The van der Waals surface area contributed by atoms with Crippen LogP contribution in [0.3, 0.4) is 0 Å². The summed E-state index contributed by atoms with van der Waals surface area (Å²) in [7, 11) is 0. The molecule has 88 valence electrons. The number of nitrogens with two attached hydrogens (primary N) is 1. The molecule has 0 fully saturated rings. The van der Waals surface area contributed by atoms with Crippen LogP contribution >= 0.6 is 0 Å². The number of rotatable bonds is 3. The zero-order valence-electron chi connectivity index (χ0n) is 8.97. The van der Waals surface area contributed by atoms with Gasteiger partial charge in [-0.25, -0.2) is 0 Å². The van der Waals surface area contributed by atoms with Gasteiger partial charge in [0.05, 0.1) is 0 Å². The molecule has 2 rings (SSSR count). The number of H-pyrrole nitrogens is 1. The standard InChI is InChI=1S/C11H12N4O2/c12-8-1-2-10(16)7(5-8)6-13-11(17)9-3-4-14-15-9/h1-5,16H,6,12H2,(H,13,17)(H,14,15). The molecule has 0 aliphatic heterocycles. The predicted molar refractivity (Wildman–Crippen MR) is 62.3 cm³/mol. The van der Waals surface area contributed by atoms with E-state index in [1.54, 1.807) is 18.2 Å². The normalized spacial score (nSPS) is 10.1. The molecule has 5 N–H and O–H groups in total. The van der Waals surface area contributed by atoms with Crippen LogP contribution in [0.1, 0.15) is 16.1 Å². The summed E-state index contributed by atoms with van der Waals surface area (Å²) in [5.74, 6) is -0.187. The Morgan fingerprint density at radius 1 is 1.47 bits per heavy atom. The number of amides is 1. The first-order chi connectivity index (χ1) is 8.16. The van der Waals surface area contributed by atoms with E-state index < -0.39 is 0 Å². The fraction of sp³-hybridized carbons (Fsp3) is 0.0909. The Morgan fingerprint density at radius 2 is 2.29 bits per heavy atom. The topological polar surface area (TPSA) is 104 Å². The molecule has 0 aliphatic rings.